The molecule has 0 radical (unpaired) electrons. The summed E-state index contributed by atoms with van der Waals surface area (Å²) in [6.07, 6.45) is 0.824. The Morgan fingerprint density at radius 3 is 2.92 bits per heavy atom. The highest BCUT2D eigenvalue weighted by atomic mass is 32.1. The monoisotopic (exact) mass is 359 g/mol. The van der Waals surface area contributed by atoms with E-state index in [1.54, 1.807) is 23.2 Å². The zero-order chi connectivity index (χ0) is 18.0. The number of non-ortho nitro benzene ring substituents is 1. The lowest BCUT2D eigenvalue weighted by Gasteiger charge is -2.29. The Hall–Kier alpha value is -2.74. The number of fused-ring (bicyclic) bond motifs is 1. The second-order valence-corrected chi connectivity index (χ2v) is 6.88. The van der Waals surface area contributed by atoms with Crippen LogP contribution in [0.2, 0.25) is 0 Å². The highest BCUT2D eigenvalue weighted by molar-refractivity contribution is 7.10. The Bertz CT molecular complexity index is 833. The van der Waals surface area contributed by atoms with Gasteiger partial charge in [0.15, 0.2) is 0 Å². The van der Waals surface area contributed by atoms with Crippen LogP contribution in [0.3, 0.4) is 0 Å². The van der Waals surface area contributed by atoms with E-state index >= 15 is 0 Å². The number of benzene rings is 1. The number of carbonyl (C=O) groups is 2. The number of hydrogen-bond donors (Lipinski definition) is 1. The maximum atomic E-state index is 12.6. The summed E-state index contributed by atoms with van der Waals surface area (Å²) < 4.78 is 0. The van der Waals surface area contributed by atoms with Gasteiger partial charge < -0.3 is 10.2 Å². The molecular formula is C17H17N3O4S. The van der Waals surface area contributed by atoms with Crippen molar-refractivity contribution >= 4 is 28.8 Å². The maximum absolute atomic E-state index is 12.6. The van der Waals surface area contributed by atoms with Gasteiger partial charge in [0, 0.05) is 35.7 Å². The molecule has 2 aromatic rings. The van der Waals surface area contributed by atoms with Gasteiger partial charge in [-0.3, -0.25) is 19.7 Å². The molecule has 2 heterocycles. The zero-order valence-electron chi connectivity index (χ0n) is 13.6. The second kappa shape index (κ2) is 7.02. The van der Waals surface area contributed by atoms with E-state index in [9.17, 15) is 19.7 Å². The molecule has 0 saturated heterocycles. The minimum Gasteiger partial charge on any atom is -0.341 e. The molecule has 1 atom stereocenters. The SMILES string of the molecule is CC(NC(=O)c1cccc([N+](=O)[O-])c1)C(=O)N1CCc2sccc2C1. The maximum Gasteiger partial charge on any atom is 0.270 e. The summed E-state index contributed by atoms with van der Waals surface area (Å²) >= 11 is 1.70. The van der Waals surface area contributed by atoms with E-state index in [0.29, 0.717) is 13.1 Å². The van der Waals surface area contributed by atoms with Gasteiger partial charge in [0.1, 0.15) is 6.04 Å². The molecule has 1 aliphatic heterocycles. The minimum absolute atomic E-state index is 0.157. The highest BCUT2D eigenvalue weighted by Crippen LogP contribution is 2.24. The highest BCUT2D eigenvalue weighted by Gasteiger charge is 2.26. The Balaban J connectivity index is 1.64. The Morgan fingerprint density at radius 1 is 1.36 bits per heavy atom. The quantitative estimate of drug-likeness (QED) is 0.670. The van der Waals surface area contributed by atoms with Crippen LogP contribution in [0.1, 0.15) is 27.7 Å². The Labute approximate surface area is 148 Å². The molecule has 25 heavy (non-hydrogen) atoms. The summed E-state index contributed by atoms with van der Waals surface area (Å²) in [5, 5.41) is 15.5. The van der Waals surface area contributed by atoms with Crippen LogP contribution < -0.4 is 5.32 Å². The number of nitro groups is 1. The molecule has 1 N–H and O–H groups in total. The summed E-state index contributed by atoms with van der Waals surface area (Å²) in [5.74, 6) is -0.659. The van der Waals surface area contributed by atoms with Crippen LogP contribution in [-0.2, 0) is 17.8 Å². The van der Waals surface area contributed by atoms with Gasteiger partial charge in [-0.05, 0) is 36.4 Å². The number of nitrogens with zero attached hydrogens (tertiary/aromatic N) is 2. The third kappa shape index (κ3) is 3.69. The lowest BCUT2D eigenvalue weighted by Crippen LogP contribution is -2.48. The standard InChI is InChI=1S/C17H17N3O4S/c1-11(17(22)19-7-5-15-13(10-19)6-8-25-15)18-16(21)12-3-2-4-14(9-12)20(23)24/h2-4,6,8-9,11H,5,7,10H2,1H3,(H,18,21). The van der Waals surface area contributed by atoms with Crippen molar-refractivity contribution in [1.29, 1.82) is 0 Å². The molecule has 0 spiro atoms. The molecule has 3 rings (SSSR count). The smallest absolute Gasteiger partial charge is 0.270 e. The fraction of sp³-hybridized carbons (Fsp3) is 0.294. The molecule has 1 unspecified atom stereocenters. The summed E-state index contributed by atoms with van der Waals surface area (Å²) in [6, 6.07) is 6.77. The van der Waals surface area contributed by atoms with Crippen LogP contribution in [-0.4, -0.2) is 34.2 Å². The molecular weight excluding hydrogens is 342 g/mol. The predicted molar refractivity (Wildman–Crippen MR) is 93.5 cm³/mol. The van der Waals surface area contributed by atoms with Gasteiger partial charge in [0.05, 0.1) is 4.92 Å². The number of amides is 2. The third-order valence-corrected chi connectivity index (χ3v) is 5.18. The Morgan fingerprint density at radius 2 is 2.16 bits per heavy atom. The van der Waals surface area contributed by atoms with Crippen LogP contribution in [0.15, 0.2) is 35.7 Å². The summed E-state index contributed by atoms with van der Waals surface area (Å²) in [4.78, 5) is 38.1. The van der Waals surface area contributed by atoms with Gasteiger partial charge in [0.25, 0.3) is 11.6 Å². The fourth-order valence-corrected chi connectivity index (χ4v) is 3.70. The van der Waals surface area contributed by atoms with Crippen molar-refractivity contribution in [2.45, 2.75) is 25.9 Å². The average molecular weight is 359 g/mol. The van der Waals surface area contributed by atoms with Crippen LogP contribution >= 0.6 is 11.3 Å². The van der Waals surface area contributed by atoms with Crippen LogP contribution in [0.4, 0.5) is 5.69 Å². The van der Waals surface area contributed by atoms with Crippen molar-refractivity contribution in [1.82, 2.24) is 10.2 Å². The largest absolute Gasteiger partial charge is 0.341 e. The first-order valence-corrected chi connectivity index (χ1v) is 8.73. The molecule has 1 aromatic carbocycles. The van der Waals surface area contributed by atoms with E-state index in [0.717, 1.165) is 12.0 Å². The topological polar surface area (TPSA) is 92.5 Å². The van der Waals surface area contributed by atoms with Gasteiger partial charge in [-0.15, -0.1) is 11.3 Å². The molecule has 1 aliphatic rings. The molecule has 7 nitrogen and oxygen atoms in total. The molecule has 0 aliphatic carbocycles. The molecule has 2 amide bonds. The van der Waals surface area contributed by atoms with E-state index in [1.165, 1.54) is 29.1 Å². The summed E-state index contributed by atoms with van der Waals surface area (Å²) in [5.41, 5.74) is 1.15. The van der Waals surface area contributed by atoms with Crippen molar-refractivity contribution in [3.63, 3.8) is 0 Å². The normalized spacial score (nSPS) is 14.5. The van der Waals surface area contributed by atoms with Crippen molar-refractivity contribution in [2.24, 2.45) is 0 Å². The number of hydrogen-bond acceptors (Lipinski definition) is 5. The van der Waals surface area contributed by atoms with Crippen LogP contribution in [0.25, 0.3) is 0 Å². The summed E-state index contributed by atoms with van der Waals surface area (Å²) in [7, 11) is 0. The van der Waals surface area contributed by atoms with Gasteiger partial charge in [0.2, 0.25) is 5.91 Å². The average Bonchev–Trinajstić information content (AvgIpc) is 3.08. The van der Waals surface area contributed by atoms with Crippen LogP contribution in [0, 0.1) is 10.1 Å². The van der Waals surface area contributed by atoms with Crippen LogP contribution in [0.5, 0.6) is 0 Å². The van der Waals surface area contributed by atoms with Crippen molar-refractivity contribution in [3.8, 4) is 0 Å². The first-order chi connectivity index (χ1) is 12.0. The first kappa shape index (κ1) is 17.1. The minimum atomic E-state index is -0.702. The second-order valence-electron chi connectivity index (χ2n) is 5.88. The summed E-state index contributed by atoms with van der Waals surface area (Å²) in [6.45, 7) is 2.80. The van der Waals surface area contributed by atoms with Gasteiger partial charge in [-0.2, -0.15) is 0 Å². The molecule has 0 saturated carbocycles. The lowest BCUT2D eigenvalue weighted by molar-refractivity contribution is -0.384. The van der Waals surface area contributed by atoms with E-state index < -0.39 is 16.9 Å². The predicted octanol–water partition coefficient (Wildman–Crippen LogP) is 2.36. The molecule has 8 heteroatoms. The number of rotatable bonds is 4. The fourth-order valence-electron chi connectivity index (χ4n) is 2.81. The lowest BCUT2D eigenvalue weighted by atomic mass is 10.1. The molecule has 130 valence electrons. The molecule has 1 aromatic heterocycles. The zero-order valence-corrected chi connectivity index (χ0v) is 14.4. The molecule has 0 fully saturated rings. The number of thiophene rings is 1. The van der Waals surface area contributed by atoms with E-state index in [-0.39, 0.29) is 17.2 Å². The Kier molecular flexibility index (Phi) is 4.80. The number of nitrogens with one attached hydrogen (secondary N) is 1. The number of carbonyl (C=O) groups excluding carboxylic acids is 2. The van der Waals surface area contributed by atoms with Crippen molar-refractivity contribution < 1.29 is 14.5 Å². The third-order valence-electron chi connectivity index (χ3n) is 4.16. The molecule has 0 bridgehead atoms. The first-order valence-electron chi connectivity index (χ1n) is 7.85. The van der Waals surface area contributed by atoms with Crippen molar-refractivity contribution in [3.05, 3.63) is 61.8 Å². The van der Waals surface area contributed by atoms with E-state index in [1.807, 2.05) is 11.4 Å². The van der Waals surface area contributed by atoms with E-state index in [2.05, 4.69) is 5.32 Å². The van der Waals surface area contributed by atoms with E-state index in [4.69, 9.17) is 0 Å². The van der Waals surface area contributed by atoms with Crippen molar-refractivity contribution in [2.75, 3.05) is 6.54 Å². The number of nitro benzene ring substituents is 1. The van der Waals surface area contributed by atoms with Gasteiger partial charge in [-0.25, -0.2) is 0 Å². The van der Waals surface area contributed by atoms with Gasteiger partial charge >= 0.3 is 0 Å². The van der Waals surface area contributed by atoms with Gasteiger partial charge in [-0.1, -0.05) is 6.07 Å².